The van der Waals surface area contributed by atoms with Gasteiger partial charge in [-0.15, -0.1) is 0 Å². The summed E-state index contributed by atoms with van der Waals surface area (Å²) in [6.45, 7) is 0. The van der Waals surface area contributed by atoms with E-state index in [1.807, 2.05) is 12.2 Å². The summed E-state index contributed by atoms with van der Waals surface area (Å²) < 4.78 is 0. The van der Waals surface area contributed by atoms with Crippen molar-refractivity contribution < 1.29 is 9.90 Å². The average Bonchev–Trinajstić information content (AvgIpc) is 1.94. The highest BCUT2D eigenvalue weighted by molar-refractivity contribution is 5.66. The molecule has 0 spiro atoms. The number of hydrogen-bond donors (Lipinski definition) is 2. The van der Waals surface area contributed by atoms with Crippen molar-refractivity contribution in [3.8, 4) is 0 Å². The van der Waals surface area contributed by atoms with E-state index < -0.39 is 5.97 Å². The Morgan fingerprint density at radius 2 is 2.25 bits per heavy atom. The van der Waals surface area contributed by atoms with Gasteiger partial charge in [-0.25, -0.2) is 0 Å². The molecule has 0 atom stereocenters. The zero-order valence-corrected chi connectivity index (χ0v) is 7.12. The SMILES string of the molecule is NC1(/C=C/CCC(=O)O)CCC1. The van der Waals surface area contributed by atoms with Crippen molar-refractivity contribution in [3.05, 3.63) is 12.2 Å². The molecule has 0 unspecified atom stereocenters. The van der Waals surface area contributed by atoms with Gasteiger partial charge in [0.15, 0.2) is 0 Å². The predicted octanol–water partition coefficient (Wildman–Crippen LogP) is 1.29. The first-order valence-electron chi connectivity index (χ1n) is 4.31. The molecule has 3 heteroatoms. The molecule has 0 aromatic heterocycles. The molecule has 0 aromatic carbocycles. The van der Waals surface area contributed by atoms with Crippen LogP contribution in [0.2, 0.25) is 0 Å². The number of carboxylic acid groups (broad SMARTS) is 1. The third-order valence-electron chi connectivity index (χ3n) is 2.26. The number of carbonyl (C=O) groups is 1. The van der Waals surface area contributed by atoms with Gasteiger partial charge in [0.1, 0.15) is 0 Å². The fourth-order valence-electron chi connectivity index (χ4n) is 1.28. The molecule has 12 heavy (non-hydrogen) atoms. The van der Waals surface area contributed by atoms with Gasteiger partial charge in [-0.2, -0.15) is 0 Å². The van der Waals surface area contributed by atoms with Crippen molar-refractivity contribution in [1.82, 2.24) is 0 Å². The van der Waals surface area contributed by atoms with Crippen LogP contribution in [-0.4, -0.2) is 16.6 Å². The molecular formula is C9H15NO2. The third-order valence-corrected chi connectivity index (χ3v) is 2.26. The minimum atomic E-state index is -0.751. The summed E-state index contributed by atoms with van der Waals surface area (Å²) in [5, 5.41) is 8.35. The summed E-state index contributed by atoms with van der Waals surface area (Å²) in [6, 6.07) is 0. The molecule has 0 aliphatic heterocycles. The van der Waals surface area contributed by atoms with Crippen LogP contribution in [0.3, 0.4) is 0 Å². The minimum Gasteiger partial charge on any atom is -0.481 e. The van der Waals surface area contributed by atoms with Crippen molar-refractivity contribution in [2.75, 3.05) is 0 Å². The standard InChI is InChI=1S/C9H15NO2/c10-9(6-3-7-9)5-2-1-4-8(11)12/h2,5H,1,3-4,6-7,10H2,(H,11,12)/b5-2+. The molecule has 0 saturated heterocycles. The molecule has 1 rings (SSSR count). The van der Waals surface area contributed by atoms with E-state index in [0.717, 1.165) is 12.8 Å². The van der Waals surface area contributed by atoms with Crippen molar-refractivity contribution in [3.63, 3.8) is 0 Å². The maximum atomic E-state index is 10.1. The zero-order valence-electron chi connectivity index (χ0n) is 7.12. The van der Waals surface area contributed by atoms with Crippen LogP contribution in [0.5, 0.6) is 0 Å². The van der Waals surface area contributed by atoms with E-state index in [-0.39, 0.29) is 12.0 Å². The second-order valence-electron chi connectivity index (χ2n) is 3.42. The lowest BCUT2D eigenvalue weighted by atomic mass is 9.77. The first-order valence-corrected chi connectivity index (χ1v) is 4.31. The monoisotopic (exact) mass is 169 g/mol. The molecule has 3 N–H and O–H groups in total. The molecule has 68 valence electrons. The Labute approximate surface area is 72.3 Å². The Morgan fingerprint density at radius 1 is 1.58 bits per heavy atom. The van der Waals surface area contributed by atoms with Crippen LogP contribution in [0.4, 0.5) is 0 Å². The van der Waals surface area contributed by atoms with Gasteiger partial charge in [-0.05, 0) is 25.7 Å². The second kappa shape index (κ2) is 3.72. The van der Waals surface area contributed by atoms with E-state index in [1.165, 1.54) is 6.42 Å². The topological polar surface area (TPSA) is 63.3 Å². The molecule has 3 nitrogen and oxygen atoms in total. The predicted molar refractivity (Wildman–Crippen MR) is 46.8 cm³/mol. The molecule has 0 radical (unpaired) electrons. The van der Waals surface area contributed by atoms with Crippen LogP contribution in [0.25, 0.3) is 0 Å². The fourth-order valence-corrected chi connectivity index (χ4v) is 1.28. The molecule has 0 heterocycles. The van der Waals surface area contributed by atoms with Gasteiger partial charge < -0.3 is 10.8 Å². The van der Waals surface area contributed by atoms with Crippen LogP contribution in [0.1, 0.15) is 32.1 Å². The Balaban J connectivity index is 2.17. The quantitative estimate of drug-likeness (QED) is 0.623. The van der Waals surface area contributed by atoms with E-state index in [2.05, 4.69) is 0 Å². The Kier molecular flexibility index (Phi) is 2.87. The number of allylic oxidation sites excluding steroid dienone is 1. The number of carboxylic acids is 1. The third kappa shape index (κ3) is 2.66. The smallest absolute Gasteiger partial charge is 0.303 e. The number of rotatable bonds is 4. The van der Waals surface area contributed by atoms with E-state index >= 15 is 0 Å². The highest BCUT2D eigenvalue weighted by Crippen LogP contribution is 2.30. The van der Waals surface area contributed by atoms with Crippen LogP contribution in [0.15, 0.2) is 12.2 Å². The zero-order chi connectivity index (χ0) is 9.03. The number of aliphatic carboxylic acids is 1. The molecule has 1 saturated carbocycles. The number of hydrogen-bond acceptors (Lipinski definition) is 2. The van der Waals surface area contributed by atoms with Gasteiger partial charge >= 0.3 is 5.97 Å². The second-order valence-corrected chi connectivity index (χ2v) is 3.42. The minimum absolute atomic E-state index is 0.113. The maximum absolute atomic E-state index is 10.1. The molecular weight excluding hydrogens is 154 g/mol. The van der Waals surface area contributed by atoms with Crippen LogP contribution >= 0.6 is 0 Å². The van der Waals surface area contributed by atoms with Gasteiger partial charge in [0.05, 0.1) is 0 Å². The van der Waals surface area contributed by atoms with Gasteiger partial charge in [0, 0.05) is 12.0 Å². The fraction of sp³-hybridized carbons (Fsp3) is 0.667. The van der Waals surface area contributed by atoms with E-state index in [0.29, 0.717) is 6.42 Å². The van der Waals surface area contributed by atoms with Crippen LogP contribution in [0, 0.1) is 0 Å². The molecule has 1 aliphatic carbocycles. The van der Waals surface area contributed by atoms with Crippen LogP contribution < -0.4 is 5.73 Å². The first-order chi connectivity index (χ1) is 5.62. The Morgan fingerprint density at radius 3 is 2.67 bits per heavy atom. The highest BCUT2D eigenvalue weighted by atomic mass is 16.4. The van der Waals surface area contributed by atoms with Gasteiger partial charge in [-0.1, -0.05) is 12.2 Å². The lowest BCUT2D eigenvalue weighted by Gasteiger charge is -2.35. The molecule has 0 bridgehead atoms. The lowest BCUT2D eigenvalue weighted by Crippen LogP contribution is -2.44. The van der Waals surface area contributed by atoms with Gasteiger partial charge in [0.25, 0.3) is 0 Å². The molecule has 0 aromatic rings. The first kappa shape index (κ1) is 9.26. The van der Waals surface area contributed by atoms with E-state index in [1.54, 1.807) is 0 Å². The van der Waals surface area contributed by atoms with Crippen molar-refractivity contribution >= 4 is 5.97 Å². The average molecular weight is 169 g/mol. The van der Waals surface area contributed by atoms with E-state index in [4.69, 9.17) is 10.8 Å². The molecule has 1 aliphatic rings. The summed E-state index contributed by atoms with van der Waals surface area (Å²) >= 11 is 0. The highest BCUT2D eigenvalue weighted by Gasteiger charge is 2.28. The largest absolute Gasteiger partial charge is 0.481 e. The Bertz CT molecular complexity index is 195. The molecule has 1 fully saturated rings. The summed E-state index contributed by atoms with van der Waals surface area (Å²) in [5.74, 6) is -0.751. The van der Waals surface area contributed by atoms with Gasteiger partial charge in [-0.3, -0.25) is 4.79 Å². The normalized spacial score (nSPS) is 20.8. The maximum Gasteiger partial charge on any atom is 0.303 e. The number of nitrogens with two attached hydrogens (primary N) is 1. The van der Waals surface area contributed by atoms with Crippen LogP contribution in [-0.2, 0) is 4.79 Å². The summed E-state index contributed by atoms with van der Waals surface area (Å²) in [6.07, 6.45) is 7.90. The summed E-state index contributed by atoms with van der Waals surface area (Å²) in [4.78, 5) is 10.1. The Hall–Kier alpha value is -0.830. The summed E-state index contributed by atoms with van der Waals surface area (Å²) in [5.41, 5.74) is 5.77. The van der Waals surface area contributed by atoms with Crippen molar-refractivity contribution in [2.45, 2.75) is 37.6 Å². The van der Waals surface area contributed by atoms with Crippen molar-refractivity contribution in [1.29, 1.82) is 0 Å². The lowest BCUT2D eigenvalue weighted by molar-refractivity contribution is -0.136. The van der Waals surface area contributed by atoms with Gasteiger partial charge in [0.2, 0.25) is 0 Å². The van der Waals surface area contributed by atoms with Crippen molar-refractivity contribution in [2.24, 2.45) is 5.73 Å². The molecule has 0 amide bonds. The van der Waals surface area contributed by atoms with E-state index in [9.17, 15) is 4.79 Å². The summed E-state index contributed by atoms with van der Waals surface area (Å²) in [7, 11) is 0.